The molecule has 0 radical (unpaired) electrons. The number of benzene rings is 1. The molecular weight excluding hydrogens is 531 g/mol. The minimum Gasteiger partial charge on any atom is -0.329 e. The molecule has 0 bridgehead atoms. The van der Waals surface area contributed by atoms with Crippen molar-refractivity contribution in [1.29, 1.82) is 0 Å². The van der Waals surface area contributed by atoms with Crippen LogP contribution in [0.5, 0.6) is 0 Å². The van der Waals surface area contributed by atoms with Gasteiger partial charge in [-0.15, -0.1) is 11.3 Å². The van der Waals surface area contributed by atoms with Crippen LogP contribution in [0.1, 0.15) is 43.0 Å². The molecule has 2 unspecified atom stereocenters. The van der Waals surface area contributed by atoms with Crippen molar-refractivity contribution in [1.82, 2.24) is 24.4 Å². The SMILES string of the molecule is FC(F)(F)CN1CCC=C(C2CCC(n3cc(-c4nc(Cc5ccccc5)cs4)c4cnc(Cl)nc43)C2)C1. The first kappa shape index (κ1) is 25.5. The number of halogens is 4. The molecule has 38 heavy (non-hydrogen) atoms. The summed E-state index contributed by atoms with van der Waals surface area (Å²) in [5.74, 6) is 0.270. The summed E-state index contributed by atoms with van der Waals surface area (Å²) in [5.41, 5.74) is 5.13. The Labute approximate surface area is 228 Å². The molecule has 0 N–H and O–H groups in total. The quantitative estimate of drug-likeness (QED) is 0.184. The topological polar surface area (TPSA) is 46.8 Å². The van der Waals surface area contributed by atoms with Gasteiger partial charge in [-0.05, 0) is 48.8 Å². The van der Waals surface area contributed by atoms with Gasteiger partial charge < -0.3 is 4.57 Å². The fourth-order valence-corrected chi connectivity index (χ4v) is 6.81. The monoisotopic (exact) mass is 557 g/mol. The average molecular weight is 558 g/mol. The van der Waals surface area contributed by atoms with E-state index in [0.29, 0.717) is 19.5 Å². The van der Waals surface area contributed by atoms with E-state index in [1.54, 1.807) is 17.5 Å². The summed E-state index contributed by atoms with van der Waals surface area (Å²) in [4.78, 5) is 15.3. The molecule has 2 aliphatic rings. The van der Waals surface area contributed by atoms with E-state index in [9.17, 15) is 13.2 Å². The van der Waals surface area contributed by atoms with E-state index in [1.165, 1.54) is 10.5 Å². The Morgan fingerprint density at radius 3 is 2.76 bits per heavy atom. The number of thiazole rings is 1. The van der Waals surface area contributed by atoms with Gasteiger partial charge in [0.05, 0.1) is 12.2 Å². The fraction of sp³-hybridized carbons (Fsp3) is 0.393. The second kappa shape index (κ2) is 10.4. The van der Waals surface area contributed by atoms with Gasteiger partial charge in [0.2, 0.25) is 5.28 Å². The Morgan fingerprint density at radius 2 is 1.95 bits per heavy atom. The van der Waals surface area contributed by atoms with Crippen molar-refractivity contribution in [2.75, 3.05) is 19.6 Å². The Bertz CT molecular complexity index is 1460. The predicted molar refractivity (Wildman–Crippen MR) is 144 cm³/mol. The number of hydrogen-bond acceptors (Lipinski definition) is 5. The minimum atomic E-state index is -4.17. The molecule has 10 heteroatoms. The maximum Gasteiger partial charge on any atom is 0.401 e. The number of fused-ring (bicyclic) bond motifs is 1. The van der Waals surface area contributed by atoms with Gasteiger partial charge in [0.15, 0.2) is 0 Å². The highest BCUT2D eigenvalue weighted by Gasteiger charge is 2.35. The predicted octanol–water partition coefficient (Wildman–Crippen LogP) is 7.33. The second-order valence-corrected chi connectivity index (χ2v) is 11.4. The molecular formula is C28H27ClF3N5S. The van der Waals surface area contributed by atoms with Gasteiger partial charge in [-0.1, -0.05) is 42.0 Å². The van der Waals surface area contributed by atoms with Crippen LogP contribution < -0.4 is 0 Å². The maximum atomic E-state index is 13.0. The van der Waals surface area contributed by atoms with Crippen LogP contribution in [-0.4, -0.2) is 50.2 Å². The van der Waals surface area contributed by atoms with Crippen molar-refractivity contribution in [2.24, 2.45) is 5.92 Å². The zero-order chi connectivity index (χ0) is 26.3. The zero-order valence-electron chi connectivity index (χ0n) is 20.7. The van der Waals surface area contributed by atoms with Crippen LogP contribution >= 0.6 is 22.9 Å². The van der Waals surface area contributed by atoms with Crippen molar-refractivity contribution in [3.8, 4) is 10.6 Å². The molecule has 198 valence electrons. The molecule has 1 fully saturated rings. The van der Waals surface area contributed by atoms with Gasteiger partial charge in [-0.2, -0.15) is 18.2 Å². The molecule has 1 aliphatic heterocycles. The van der Waals surface area contributed by atoms with E-state index in [1.807, 2.05) is 18.2 Å². The van der Waals surface area contributed by atoms with Crippen molar-refractivity contribution < 1.29 is 13.2 Å². The third-order valence-corrected chi connectivity index (χ3v) is 8.64. The van der Waals surface area contributed by atoms with Crippen LogP contribution in [0, 0.1) is 5.92 Å². The van der Waals surface area contributed by atoms with E-state index in [4.69, 9.17) is 16.6 Å². The van der Waals surface area contributed by atoms with Gasteiger partial charge in [0.1, 0.15) is 10.7 Å². The summed E-state index contributed by atoms with van der Waals surface area (Å²) in [6.45, 7) is 0.00765. The van der Waals surface area contributed by atoms with Gasteiger partial charge in [-0.3, -0.25) is 4.90 Å². The third-order valence-electron chi connectivity index (χ3n) is 7.54. The second-order valence-electron chi connectivity index (χ2n) is 10.2. The van der Waals surface area contributed by atoms with Gasteiger partial charge in [0.25, 0.3) is 0 Å². The molecule has 5 nitrogen and oxygen atoms in total. The lowest BCUT2D eigenvalue weighted by atomic mass is 9.93. The van der Waals surface area contributed by atoms with Gasteiger partial charge >= 0.3 is 6.18 Å². The van der Waals surface area contributed by atoms with Crippen LogP contribution in [0.25, 0.3) is 21.6 Å². The molecule has 0 saturated heterocycles. The summed E-state index contributed by atoms with van der Waals surface area (Å²) in [6, 6.07) is 10.5. The molecule has 1 saturated carbocycles. The van der Waals surface area contributed by atoms with Crippen LogP contribution in [0.3, 0.4) is 0 Å². The Hall–Kier alpha value is -2.75. The van der Waals surface area contributed by atoms with Crippen LogP contribution in [-0.2, 0) is 6.42 Å². The van der Waals surface area contributed by atoms with E-state index in [0.717, 1.165) is 58.6 Å². The lowest BCUT2D eigenvalue weighted by Crippen LogP contribution is -2.38. The van der Waals surface area contributed by atoms with Crippen LogP contribution in [0.15, 0.2) is 59.8 Å². The highest BCUT2D eigenvalue weighted by atomic mass is 35.5. The summed E-state index contributed by atoms with van der Waals surface area (Å²) in [5, 5.41) is 4.11. The molecule has 0 spiro atoms. The van der Waals surface area contributed by atoms with E-state index in [2.05, 4.69) is 44.3 Å². The fourth-order valence-electron chi connectivity index (χ4n) is 5.84. The van der Waals surface area contributed by atoms with E-state index >= 15 is 0 Å². The highest BCUT2D eigenvalue weighted by molar-refractivity contribution is 7.13. The minimum absolute atomic E-state index is 0.185. The normalized spacial score (nSPS) is 20.8. The van der Waals surface area contributed by atoms with Crippen molar-refractivity contribution >= 4 is 34.0 Å². The molecule has 1 aromatic carbocycles. The molecule has 0 amide bonds. The standard InChI is InChI=1S/C28H27ClF3N5S/c29-27-33-13-23-24(26-34-21(16-38-26)11-18-5-2-1-3-6-18)15-37(25(23)35-27)22-9-8-19(12-22)20-7-4-10-36(14-20)17-28(30,31)32/h1-3,5-7,13,15-16,19,22H,4,8-12,14,17H2. The largest absolute Gasteiger partial charge is 0.401 e. The smallest absolute Gasteiger partial charge is 0.329 e. The first-order valence-electron chi connectivity index (χ1n) is 12.8. The zero-order valence-corrected chi connectivity index (χ0v) is 22.2. The highest BCUT2D eigenvalue weighted by Crippen LogP contribution is 2.43. The molecule has 4 heterocycles. The lowest BCUT2D eigenvalue weighted by molar-refractivity contribution is -0.145. The summed E-state index contributed by atoms with van der Waals surface area (Å²) in [6.07, 6.45) is 6.04. The van der Waals surface area contributed by atoms with E-state index < -0.39 is 12.7 Å². The lowest BCUT2D eigenvalue weighted by Gasteiger charge is -2.30. The van der Waals surface area contributed by atoms with Crippen molar-refractivity contribution in [3.63, 3.8) is 0 Å². The molecule has 1 aliphatic carbocycles. The Kier molecular flexibility index (Phi) is 7.01. The van der Waals surface area contributed by atoms with Crippen LogP contribution in [0.2, 0.25) is 5.28 Å². The number of nitrogens with zero attached hydrogens (tertiary/aromatic N) is 5. The van der Waals surface area contributed by atoms with Gasteiger partial charge in [0, 0.05) is 54.3 Å². The number of rotatable bonds is 6. The number of aromatic nitrogens is 4. The number of hydrogen-bond donors (Lipinski definition) is 0. The molecule has 6 rings (SSSR count). The van der Waals surface area contributed by atoms with Crippen LogP contribution in [0.4, 0.5) is 13.2 Å². The number of alkyl halides is 3. The summed E-state index contributed by atoms with van der Waals surface area (Å²) >= 11 is 7.82. The average Bonchev–Trinajstić information content (AvgIpc) is 3.62. The first-order valence-corrected chi connectivity index (χ1v) is 14.1. The first-order chi connectivity index (χ1) is 18.3. The van der Waals surface area contributed by atoms with Crippen molar-refractivity contribution in [3.05, 3.63) is 76.3 Å². The maximum absolute atomic E-state index is 13.0. The molecule has 4 aromatic rings. The summed E-state index contributed by atoms with van der Waals surface area (Å²) < 4.78 is 41.1. The van der Waals surface area contributed by atoms with Gasteiger partial charge in [-0.25, -0.2) is 9.97 Å². The van der Waals surface area contributed by atoms with E-state index in [-0.39, 0.29) is 17.2 Å². The third kappa shape index (κ3) is 5.51. The van der Waals surface area contributed by atoms with Crippen molar-refractivity contribution in [2.45, 2.75) is 44.3 Å². The summed E-state index contributed by atoms with van der Waals surface area (Å²) in [7, 11) is 0. The molecule has 2 atom stereocenters. The molecule has 3 aromatic heterocycles. The Balaban J connectivity index is 1.24. The Morgan fingerprint density at radius 1 is 1.11 bits per heavy atom.